The van der Waals surface area contributed by atoms with Gasteiger partial charge in [-0.25, -0.2) is 0 Å². The van der Waals surface area contributed by atoms with E-state index >= 15 is 0 Å². The summed E-state index contributed by atoms with van der Waals surface area (Å²) in [5, 5.41) is 11.7. The molecule has 5 heteroatoms. The number of piperazine rings is 1. The van der Waals surface area contributed by atoms with Gasteiger partial charge in [-0.1, -0.05) is 54.6 Å². The summed E-state index contributed by atoms with van der Waals surface area (Å²) in [6.45, 7) is 6.17. The Bertz CT molecular complexity index is 1050. The van der Waals surface area contributed by atoms with Gasteiger partial charge in [0.2, 0.25) is 0 Å². The van der Waals surface area contributed by atoms with Gasteiger partial charge >= 0.3 is 0 Å². The lowest BCUT2D eigenvalue weighted by Gasteiger charge is -2.34. The van der Waals surface area contributed by atoms with Crippen LogP contribution < -0.4 is 5.32 Å². The first-order valence-corrected chi connectivity index (χ1v) is 11.0. The number of nitrogens with zero attached hydrogens (tertiary/aromatic N) is 3. The highest BCUT2D eigenvalue weighted by atomic mass is 16.1. The summed E-state index contributed by atoms with van der Waals surface area (Å²) in [7, 11) is 0. The molecule has 3 aromatic rings. The van der Waals surface area contributed by atoms with Crippen LogP contribution in [0.1, 0.15) is 27.0 Å². The van der Waals surface area contributed by atoms with Crippen LogP contribution in [0.4, 0.5) is 5.69 Å². The highest BCUT2D eigenvalue weighted by molar-refractivity contribution is 6.04. The zero-order valence-electron chi connectivity index (χ0n) is 18.2. The van der Waals surface area contributed by atoms with E-state index in [2.05, 4.69) is 51.5 Å². The van der Waals surface area contributed by atoms with E-state index in [1.54, 1.807) is 0 Å². The van der Waals surface area contributed by atoms with E-state index in [9.17, 15) is 4.79 Å². The number of hydrogen-bond acceptors (Lipinski definition) is 4. The Morgan fingerprint density at radius 1 is 0.750 bits per heavy atom. The summed E-state index contributed by atoms with van der Waals surface area (Å²) >= 11 is 0. The quantitative estimate of drug-likeness (QED) is 0.614. The monoisotopic (exact) mass is 424 g/mol. The zero-order valence-corrected chi connectivity index (χ0v) is 18.2. The Kier molecular flexibility index (Phi) is 7.29. The standard InChI is InChI=1S/C27H28N4O/c28-15-14-22-8-12-26(13-9-22)29-27(32)25-10-6-24(7-11-25)21-31-18-16-30(17-19-31)20-23-4-2-1-3-5-23/h1-13H,14,16-21H2,(H,29,32). The molecule has 0 bridgehead atoms. The van der Waals surface area contributed by atoms with Gasteiger partial charge in [0.05, 0.1) is 12.5 Å². The third-order valence-electron chi connectivity index (χ3n) is 5.83. The molecule has 1 aliphatic heterocycles. The first kappa shape index (κ1) is 21.8. The molecular formula is C27H28N4O. The van der Waals surface area contributed by atoms with Gasteiger partial charge in [-0.15, -0.1) is 0 Å². The molecule has 3 aromatic carbocycles. The van der Waals surface area contributed by atoms with E-state index in [1.165, 1.54) is 11.1 Å². The molecule has 0 unspecified atom stereocenters. The highest BCUT2D eigenvalue weighted by Crippen LogP contribution is 2.15. The third-order valence-corrected chi connectivity index (χ3v) is 5.83. The number of amides is 1. The molecule has 4 rings (SSSR count). The molecule has 1 fully saturated rings. The van der Waals surface area contributed by atoms with Crippen molar-refractivity contribution in [3.63, 3.8) is 0 Å². The third kappa shape index (κ3) is 6.04. The fourth-order valence-corrected chi connectivity index (χ4v) is 3.97. The second kappa shape index (κ2) is 10.7. The average molecular weight is 425 g/mol. The van der Waals surface area contributed by atoms with Gasteiger partial charge in [0, 0.05) is 50.5 Å². The van der Waals surface area contributed by atoms with E-state index in [-0.39, 0.29) is 5.91 Å². The summed E-state index contributed by atoms with van der Waals surface area (Å²) in [4.78, 5) is 17.5. The minimum Gasteiger partial charge on any atom is -0.322 e. The molecule has 1 saturated heterocycles. The van der Waals surface area contributed by atoms with Crippen LogP contribution in [0.2, 0.25) is 0 Å². The molecule has 0 aliphatic carbocycles. The van der Waals surface area contributed by atoms with E-state index in [4.69, 9.17) is 5.26 Å². The van der Waals surface area contributed by atoms with Crippen molar-refractivity contribution in [3.8, 4) is 6.07 Å². The molecule has 162 valence electrons. The van der Waals surface area contributed by atoms with Crippen molar-refractivity contribution >= 4 is 11.6 Å². The SMILES string of the molecule is N#CCc1ccc(NC(=O)c2ccc(CN3CCN(Cc4ccccc4)CC3)cc2)cc1. The zero-order chi connectivity index (χ0) is 22.2. The lowest BCUT2D eigenvalue weighted by molar-refractivity contribution is 0.102. The van der Waals surface area contributed by atoms with Crippen LogP contribution in [0.25, 0.3) is 0 Å². The smallest absolute Gasteiger partial charge is 0.255 e. The van der Waals surface area contributed by atoms with Gasteiger partial charge in [-0.3, -0.25) is 14.6 Å². The first-order chi connectivity index (χ1) is 15.7. The molecule has 1 heterocycles. The summed E-state index contributed by atoms with van der Waals surface area (Å²) in [5.74, 6) is -0.126. The number of nitriles is 1. The minimum absolute atomic E-state index is 0.126. The Labute approximate surface area is 189 Å². The lowest BCUT2D eigenvalue weighted by Crippen LogP contribution is -2.45. The van der Waals surface area contributed by atoms with Crippen molar-refractivity contribution in [1.82, 2.24) is 9.80 Å². The van der Waals surface area contributed by atoms with Crippen LogP contribution in [-0.2, 0) is 19.5 Å². The Morgan fingerprint density at radius 3 is 1.84 bits per heavy atom. The van der Waals surface area contributed by atoms with Gasteiger partial charge in [0.15, 0.2) is 0 Å². The van der Waals surface area contributed by atoms with Gasteiger partial charge in [0.1, 0.15) is 0 Å². The molecule has 1 aliphatic rings. The molecule has 0 aromatic heterocycles. The molecular weight excluding hydrogens is 396 g/mol. The van der Waals surface area contributed by atoms with Crippen LogP contribution in [0.15, 0.2) is 78.9 Å². The number of rotatable bonds is 7. The van der Waals surface area contributed by atoms with E-state index in [0.717, 1.165) is 50.5 Å². The van der Waals surface area contributed by atoms with Crippen LogP contribution in [0, 0.1) is 11.3 Å². The fourth-order valence-electron chi connectivity index (χ4n) is 3.97. The van der Waals surface area contributed by atoms with Crippen molar-refractivity contribution in [2.45, 2.75) is 19.5 Å². The molecule has 0 spiro atoms. The van der Waals surface area contributed by atoms with Gasteiger partial charge < -0.3 is 5.32 Å². The number of hydrogen-bond donors (Lipinski definition) is 1. The second-order valence-electron chi connectivity index (χ2n) is 8.22. The summed E-state index contributed by atoms with van der Waals surface area (Å²) in [6.07, 6.45) is 0.373. The Morgan fingerprint density at radius 2 is 1.28 bits per heavy atom. The highest BCUT2D eigenvalue weighted by Gasteiger charge is 2.17. The molecule has 0 saturated carbocycles. The number of nitrogens with one attached hydrogen (secondary N) is 1. The molecule has 32 heavy (non-hydrogen) atoms. The largest absolute Gasteiger partial charge is 0.322 e. The van der Waals surface area contributed by atoms with E-state index in [0.29, 0.717) is 12.0 Å². The first-order valence-electron chi connectivity index (χ1n) is 11.0. The van der Waals surface area contributed by atoms with Crippen LogP contribution in [0.3, 0.4) is 0 Å². The summed E-state index contributed by atoms with van der Waals surface area (Å²) in [6, 6.07) is 28.0. The topological polar surface area (TPSA) is 59.4 Å². The predicted octanol–water partition coefficient (Wildman–Crippen LogP) is 4.32. The fraction of sp³-hybridized carbons (Fsp3) is 0.259. The molecule has 0 radical (unpaired) electrons. The predicted molar refractivity (Wildman–Crippen MR) is 127 cm³/mol. The Hall–Kier alpha value is -3.46. The number of benzene rings is 3. The van der Waals surface area contributed by atoms with Gasteiger partial charge in [0.25, 0.3) is 5.91 Å². The van der Waals surface area contributed by atoms with Gasteiger partial charge in [-0.2, -0.15) is 5.26 Å². The van der Waals surface area contributed by atoms with Crippen molar-refractivity contribution in [3.05, 3.63) is 101 Å². The molecule has 1 N–H and O–H groups in total. The maximum atomic E-state index is 12.5. The second-order valence-corrected chi connectivity index (χ2v) is 8.22. The summed E-state index contributed by atoms with van der Waals surface area (Å²) < 4.78 is 0. The average Bonchev–Trinajstić information content (AvgIpc) is 2.83. The molecule has 0 atom stereocenters. The minimum atomic E-state index is -0.126. The van der Waals surface area contributed by atoms with Crippen molar-refractivity contribution < 1.29 is 4.79 Å². The van der Waals surface area contributed by atoms with E-state index in [1.807, 2.05) is 48.5 Å². The van der Waals surface area contributed by atoms with E-state index < -0.39 is 0 Å². The van der Waals surface area contributed by atoms with Gasteiger partial charge in [-0.05, 0) is 41.0 Å². The van der Waals surface area contributed by atoms with Crippen LogP contribution >= 0.6 is 0 Å². The van der Waals surface area contributed by atoms with Crippen LogP contribution in [0.5, 0.6) is 0 Å². The number of anilines is 1. The van der Waals surface area contributed by atoms with Crippen molar-refractivity contribution in [2.24, 2.45) is 0 Å². The summed E-state index contributed by atoms with van der Waals surface area (Å²) in [5.41, 5.74) is 4.90. The lowest BCUT2D eigenvalue weighted by atomic mass is 10.1. The normalized spacial score (nSPS) is 14.6. The molecule has 1 amide bonds. The number of carbonyl (C=O) groups is 1. The van der Waals surface area contributed by atoms with Crippen molar-refractivity contribution in [2.75, 3.05) is 31.5 Å². The number of carbonyl (C=O) groups excluding carboxylic acids is 1. The maximum absolute atomic E-state index is 12.5. The maximum Gasteiger partial charge on any atom is 0.255 e. The Balaban J connectivity index is 1.25. The van der Waals surface area contributed by atoms with Crippen molar-refractivity contribution in [1.29, 1.82) is 5.26 Å². The van der Waals surface area contributed by atoms with Crippen LogP contribution in [-0.4, -0.2) is 41.9 Å². The molecule has 5 nitrogen and oxygen atoms in total.